The molecule has 2 unspecified atom stereocenters. The van der Waals surface area contributed by atoms with Gasteiger partial charge in [-0.25, -0.2) is 4.98 Å². The van der Waals surface area contributed by atoms with Gasteiger partial charge in [0.2, 0.25) is 0 Å². The summed E-state index contributed by atoms with van der Waals surface area (Å²) in [5, 5.41) is 5.56. The summed E-state index contributed by atoms with van der Waals surface area (Å²) in [4.78, 5) is 8.32. The number of imidazole rings is 1. The Labute approximate surface area is 104 Å². The highest BCUT2D eigenvalue weighted by Gasteiger charge is 2.35. The summed E-state index contributed by atoms with van der Waals surface area (Å²) in [5.41, 5.74) is 1.21. The number of aromatic nitrogens is 2. The van der Waals surface area contributed by atoms with Crippen LogP contribution in [0.25, 0.3) is 4.96 Å². The van der Waals surface area contributed by atoms with Crippen LogP contribution in [0.4, 0.5) is 0 Å². The zero-order chi connectivity index (χ0) is 11.2. The fourth-order valence-corrected chi connectivity index (χ4v) is 3.88. The second-order valence-electron chi connectivity index (χ2n) is 5.20. The van der Waals surface area contributed by atoms with E-state index in [9.17, 15) is 0 Å². The zero-order valence-corrected chi connectivity index (χ0v) is 10.5. The van der Waals surface area contributed by atoms with E-state index in [1.807, 2.05) is 0 Å². The monoisotopic (exact) mass is 248 g/mol. The van der Waals surface area contributed by atoms with Crippen molar-refractivity contribution < 1.29 is 0 Å². The summed E-state index contributed by atoms with van der Waals surface area (Å²) in [7, 11) is 0. The van der Waals surface area contributed by atoms with E-state index in [1.165, 1.54) is 31.9 Å². The van der Waals surface area contributed by atoms with Gasteiger partial charge in [0.15, 0.2) is 4.96 Å². The van der Waals surface area contributed by atoms with Crippen LogP contribution in [0.2, 0.25) is 0 Å². The Morgan fingerprint density at radius 1 is 1.35 bits per heavy atom. The summed E-state index contributed by atoms with van der Waals surface area (Å²) in [5.74, 6) is 1.75. The highest BCUT2D eigenvalue weighted by atomic mass is 32.1. The van der Waals surface area contributed by atoms with E-state index in [1.54, 1.807) is 11.3 Å². The topological polar surface area (TPSA) is 32.6 Å². The predicted octanol–water partition coefficient (Wildman–Crippen LogP) is 1.05. The summed E-state index contributed by atoms with van der Waals surface area (Å²) < 4.78 is 2.12. The van der Waals surface area contributed by atoms with Gasteiger partial charge in [0.05, 0.1) is 5.69 Å². The zero-order valence-electron chi connectivity index (χ0n) is 9.67. The van der Waals surface area contributed by atoms with Crippen molar-refractivity contribution in [1.29, 1.82) is 0 Å². The van der Waals surface area contributed by atoms with Crippen molar-refractivity contribution >= 4 is 16.3 Å². The molecule has 2 aliphatic rings. The Balaban J connectivity index is 1.49. The molecule has 0 aliphatic carbocycles. The van der Waals surface area contributed by atoms with Crippen LogP contribution >= 0.6 is 11.3 Å². The van der Waals surface area contributed by atoms with Gasteiger partial charge in [-0.2, -0.15) is 0 Å². The van der Waals surface area contributed by atoms with Crippen molar-refractivity contribution in [3.63, 3.8) is 0 Å². The highest BCUT2D eigenvalue weighted by molar-refractivity contribution is 7.15. The van der Waals surface area contributed by atoms with Crippen molar-refractivity contribution in [2.45, 2.75) is 6.54 Å². The summed E-state index contributed by atoms with van der Waals surface area (Å²) in [6.07, 6.45) is 4.25. The first-order valence-electron chi connectivity index (χ1n) is 6.22. The minimum atomic E-state index is 0.874. The second kappa shape index (κ2) is 3.80. The number of hydrogen-bond acceptors (Lipinski definition) is 4. The largest absolute Gasteiger partial charge is 0.316 e. The van der Waals surface area contributed by atoms with Crippen LogP contribution in [0.3, 0.4) is 0 Å². The molecule has 1 N–H and O–H groups in total. The molecule has 0 amide bonds. The van der Waals surface area contributed by atoms with Crippen LogP contribution in [0, 0.1) is 11.8 Å². The fourth-order valence-electron chi connectivity index (χ4n) is 3.16. The number of thiazole rings is 1. The van der Waals surface area contributed by atoms with E-state index in [0.717, 1.165) is 23.3 Å². The lowest BCUT2D eigenvalue weighted by molar-refractivity contribution is 0.302. The van der Waals surface area contributed by atoms with Gasteiger partial charge in [-0.15, -0.1) is 11.3 Å². The Bertz CT molecular complexity index is 491. The lowest BCUT2D eigenvalue weighted by atomic mass is 10.0. The number of likely N-dealkylation sites (tertiary alicyclic amines) is 1. The maximum Gasteiger partial charge on any atom is 0.193 e. The smallest absolute Gasteiger partial charge is 0.193 e. The first kappa shape index (κ1) is 10.1. The van der Waals surface area contributed by atoms with E-state index in [4.69, 9.17) is 0 Å². The lowest BCUT2D eigenvalue weighted by Gasteiger charge is -2.14. The first-order chi connectivity index (χ1) is 8.38. The third-order valence-electron chi connectivity index (χ3n) is 3.99. The molecule has 90 valence electrons. The molecule has 0 spiro atoms. The number of fused-ring (bicyclic) bond motifs is 2. The van der Waals surface area contributed by atoms with Gasteiger partial charge in [-0.05, 0) is 24.9 Å². The normalized spacial score (nSPS) is 29.2. The highest BCUT2D eigenvalue weighted by Crippen LogP contribution is 2.27. The predicted molar refractivity (Wildman–Crippen MR) is 68.2 cm³/mol. The average Bonchev–Trinajstić information content (AvgIpc) is 2.93. The molecule has 4 nitrogen and oxygen atoms in total. The molecule has 4 rings (SSSR count). The minimum absolute atomic E-state index is 0.874. The molecule has 2 aliphatic heterocycles. The number of hydrogen-bond donors (Lipinski definition) is 1. The third kappa shape index (κ3) is 1.69. The van der Waals surface area contributed by atoms with E-state index in [2.05, 4.69) is 37.4 Å². The molecule has 2 aromatic heterocycles. The number of nitrogens with zero attached hydrogens (tertiary/aromatic N) is 3. The van der Waals surface area contributed by atoms with Gasteiger partial charge in [-0.3, -0.25) is 9.30 Å². The molecule has 0 radical (unpaired) electrons. The Hall–Kier alpha value is -0.910. The fraction of sp³-hybridized carbons (Fsp3) is 0.583. The summed E-state index contributed by atoms with van der Waals surface area (Å²) >= 11 is 1.71. The summed E-state index contributed by atoms with van der Waals surface area (Å²) in [6.45, 7) is 5.91. The molecule has 0 aromatic carbocycles. The number of rotatable bonds is 2. The quantitative estimate of drug-likeness (QED) is 0.862. The van der Waals surface area contributed by atoms with Gasteiger partial charge in [0, 0.05) is 37.4 Å². The van der Waals surface area contributed by atoms with Crippen molar-refractivity contribution in [1.82, 2.24) is 19.6 Å². The van der Waals surface area contributed by atoms with Gasteiger partial charge < -0.3 is 5.32 Å². The van der Waals surface area contributed by atoms with Crippen molar-refractivity contribution in [3.05, 3.63) is 23.5 Å². The molecule has 17 heavy (non-hydrogen) atoms. The minimum Gasteiger partial charge on any atom is -0.316 e. The Morgan fingerprint density at radius 2 is 2.18 bits per heavy atom. The number of nitrogens with one attached hydrogen (secondary N) is 1. The van der Waals surface area contributed by atoms with Gasteiger partial charge in [0.25, 0.3) is 0 Å². The van der Waals surface area contributed by atoms with Crippen molar-refractivity contribution in [2.75, 3.05) is 26.2 Å². The van der Waals surface area contributed by atoms with Gasteiger partial charge in [0.1, 0.15) is 0 Å². The van der Waals surface area contributed by atoms with Gasteiger partial charge in [-0.1, -0.05) is 0 Å². The molecule has 2 atom stereocenters. The molecule has 0 saturated carbocycles. The molecule has 2 fully saturated rings. The third-order valence-corrected chi connectivity index (χ3v) is 4.76. The van der Waals surface area contributed by atoms with Crippen LogP contribution < -0.4 is 5.32 Å². The van der Waals surface area contributed by atoms with Crippen molar-refractivity contribution in [3.8, 4) is 0 Å². The van der Waals surface area contributed by atoms with E-state index in [-0.39, 0.29) is 0 Å². The van der Waals surface area contributed by atoms with E-state index < -0.39 is 0 Å². The molecule has 2 aromatic rings. The molecule has 5 heteroatoms. The molecule has 0 bridgehead atoms. The maximum atomic E-state index is 4.65. The molecular weight excluding hydrogens is 232 g/mol. The SMILES string of the molecule is c1cn2cc(CN3CC4CNCC4C3)nc2s1. The van der Waals surface area contributed by atoms with Crippen LogP contribution in [-0.2, 0) is 6.54 Å². The van der Waals surface area contributed by atoms with Crippen LogP contribution in [0.5, 0.6) is 0 Å². The van der Waals surface area contributed by atoms with E-state index in [0.29, 0.717) is 0 Å². The van der Waals surface area contributed by atoms with Crippen molar-refractivity contribution in [2.24, 2.45) is 11.8 Å². The summed E-state index contributed by atoms with van der Waals surface area (Å²) in [6, 6.07) is 0. The molecule has 2 saturated heterocycles. The molecular formula is C12H16N4S. The van der Waals surface area contributed by atoms with E-state index >= 15 is 0 Å². The van der Waals surface area contributed by atoms with Crippen LogP contribution in [0.15, 0.2) is 17.8 Å². The standard InChI is InChI=1S/C12H16N4S/c1-2-17-12-14-11(8-16(1)12)7-15-5-9-3-13-4-10(9)6-15/h1-2,8-10,13H,3-7H2. The maximum absolute atomic E-state index is 4.65. The van der Waals surface area contributed by atoms with Crippen LogP contribution in [-0.4, -0.2) is 40.5 Å². The Kier molecular flexibility index (Phi) is 2.25. The second-order valence-corrected chi connectivity index (χ2v) is 6.07. The molecule has 4 heterocycles. The average molecular weight is 248 g/mol. The first-order valence-corrected chi connectivity index (χ1v) is 7.10. The van der Waals surface area contributed by atoms with Crippen LogP contribution in [0.1, 0.15) is 5.69 Å². The van der Waals surface area contributed by atoms with Gasteiger partial charge >= 0.3 is 0 Å². The lowest BCUT2D eigenvalue weighted by Crippen LogP contribution is -2.25. The Morgan fingerprint density at radius 3 is 2.94 bits per heavy atom.